The number of amides is 6. The largest absolute Gasteiger partial charge is 0.370 e. The number of fused-ring (bicyclic) bond motifs is 2. The summed E-state index contributed by atoms with van der Waals surface area (Å²) in [5.41, 5.74) is 7.39. The number of rotatable bonds is 11. The van der Waals surface area contributed by atoms with E-state index < -0.39 is 23.9 Å². The van der Waals surface area contributed by atoms with Gasteiger partial charge in [-0.15, -0.1) is 5.10 Å². The maximum atomic E-state index is 14.0. The van der Waals surface area contributed by atoms with E-state index in [0.29, 0.717) is 34.8 Å². The third-order valence-corrected chi connectivity index (χ3v) is 10.4. The molecule has 5 heterocycles. The van der Waals surface area contributed by atoms with Crippen molar-refractivity contribution in [3.8, 4) is 11.1 Å². The molecule has 16 nitrogen and oxygen atoms in total. The molecule has 2 N–H and O–H groups in total. The Hall–Kier alpha value is -6.68. The van der Waals surface area contributed by atoms with E-state index in [9.17, 15) is 24.0 Å². The lowest BCUT2D eigenvalue weighted by molar-refractivity contribution is -0.137. The lowest BCUT2D eigenvalue weighted by Crippen LogP contribution is -2.52. The zero-order chi connectivity index (χ0) is 39.1. The van der Waals surface area contributed by atoms with Gasteiger partial charge in [-0.3, -0.25) is 29.4 Å². The molecule has 2 atom stereocenters. The van der Waals surface area contributed by atoms with Crippen molar-refractivity contribution in [3.05, 3.63) is 112 Å². The van der Waals surface area contributed by atoms with Crippen molar-refractivity contribution in [2.45, 2.75) is 58.4 Å². The summed E-state index contributed by atoms with van der Waals surface area (Å²) in [6.07, 6.45) is 2.15. The molecular formula is C40H39N9O7. The zero-order valence-electron chi connectivity index (χ0n) is 31.0. The number of carbonyl (C=O) groups is 5. The number of hydrogen-bond acceptors (Lipinski definition) is 10. The van der Waals surface area contributed by atoms with E-state index in [4.69, 9.17) is 9.26 Å². The summed E-state index contributed by atoms with van der Waals surface area (Å²) in [4.78, 5) is 68.9. The van der Waals surface area contributed by atoms with Gasteiger partial charge >= 0.3 is 6.03 Å². The molecule has 0 aliphatic carbocycles. The number of nitrogens with one attached hydrogen (secondary N) is 2. The highest BCUT2D eigenvalue weighted by atomic mass is 16.5. The third kappa shape index (κ3) is 6.79. The first kappa shape index (κ1) is 36.3. The maximum Gasteiger partial charge on any atom is 0.325 e. The molecule has 3 aliphatic heterocycles. The molecule has 56 heavy (non-hydrogen) atoms. The minimum atomic E-state index is -0.756. The number of piperidine rings is 1. The van der Waals surface area contributed by atoms with Crippen LogP contribution in [0, 0.1) is 13.8 Å². The molecule has 5 aromatic rings. The predicted octanol–water partition coefficient (Wildman–Crippen LogP) is 4.13. The monoisotopic (exact) mass is 757 g/mol. The Kier molecular flexibility index (Phi) is 9.64. The van der Waals surface area contributed by atoms with Gasteiger partial charge in [0, 0.05) is 48.0 Å². The molecule has 3 aromatic carbocycles. The van der Waals surface area contributed by atoms with Crippen LogP contribution in [0.3, 0.4) is 0 Å². The molecule has 286 valence electrons. The summed E-state index contributed by atoms with van der Waals surface area (Å²) in [5.74, 6) is -0.883. The van der Waals surface area contributed by atoms with Crippen LogP contribution in [0.15, 0.2) is 77.4 Å². The van der Waals surface area contributed by atoms with Gasteiger partial charge in [0.15, 0.2) is 0 Å². The molecule has 0 spiro atoms. The lowest BCUT2D eigenvalue weighted by Gasteiger charge is -2.41. The number of anilines is 2. The molecule has 2 aromatic heterocycles. The number of nitrogens with zero attached hydrogens (tertiary/aromatic N) is 7. The predicted molar refractivity (Wildman–Crippen MR) is 201 cm³/mol. The van der Waals surface area contributed by atoms with Crippen molar-refractivity contribution in [2.24, 2.45) is 0 Å². The van der Waals surface area contributed by atoms with Gasteiger partial charge in [0.1, 0.15) is 24.1 Å². The average molecular weight is 758 g/mol. The van der Waals surface area contributed by atoms with Crippen LogP contribution in [0.25, 0.3) is 11.1 Å². The molecule has 8 rings (SSSR count). The molecule has 0 bridgehead atoms. The Morgan fingerprint density at radius 2 is 1.86 bits per heavy atom. The van der Waals surface area contributed by atoms with Crippen LogP contribution in [-0.4, -0.2) is 85.9 Å². The van der Waals surface area contributed by atoms with Crippen LogP contribution >= 0.6 is 0 Å². The van der Waals surface area contributed by atoms with Crippen molar-refractivity contribution in [2.75, 3.05) is 30.5 Å². The minimum absolute atomic E-state index is 0.133. The van der Waals surface area contributed by atoms with Crippen LogP contribution in [0.1, 0.15) is 63.1 Å². The van der Waals surface area contributed by atoms with Crippen molar-refractivity contribution < 1.29 is 33.2 Å². The summed E-state index contributed by atoms with van der Waals surface area (Å²) in [5, 5.41) is 17.9. The normalized spacial score (nSPS) is 17.9. The summed E-state index contributed by atoms with van der Waals surface area (Å²) in [6.45, 7) is 4.32. The Labute approximate surface area is 321 Å². The smallest absolute Gasteiger partial charge is 0.325 e. The first-order valence-corrected chi connectivity index (χ1v) is 18.3. The fourth-order valence-electron chi connectivity index (χ4n) is 7.76. The van der Waals surface area contributed by atoms with Crippen molar-refractivity contribution >= 4 is 41.0 Å². The molecule has 1 saturated heterocycles. The van der Waals surface area contributed by atoms with Gasteiger partial charge in [-0.25, -0.2) is 9.48 Å². The molecule has 0 saturated carbocycles. The van der Waals surface area contributed by atoms with E-state index >= 15 is 0 Å². The molecule has 2 unspecified atom stereocenters. The second kappa shape index (κ2) is 14.9. The second-order valence-corrected chi connectivity index (χ2v) is 14.1. The number of hydrogen-bond donors (Lipinski definition) is 2. The van der Waals surface area contributed by atoms with Crippen molar-refractivity contribution in [3.63, 3.8) is 0 Å². The highest BCUT2D eigenvalue weighted by Gasteiger charge is 2.40. The van der Waals surface area contributed by atoms with Gasteiger partial charge < -0.3 is 24.4 Å². The average Bonchev–Trinajstić information content (AvgIpc) is 3.89. The number of urea groups is 1. The first-order valence-electron chi connectivity index (χ1n) is 18.3. The fraction of sp³-hybridized carbons (Fsp3) is 0.300. The summed E-state index contributed by atoms with van der Waals surface area (Å²) >= 11 is 0. The number of ether oxygens (including phenoxy) is 1. The topological polar surface area (TPSA) is 185 Å². The van der Waals surface area contributed by atoms with Gasteiger partial charge in [-0.2, -0.15) is 0 Å². The Morgan fingerprint density at radius 1 is 1.04 bits per heavy atom. The molecule has 1 fully saturated rings. The van der Waals surface area contributed by atoms with Crippen molar-refractivity contribution in [1.82, 2.24) is 35.3 Å². The fourth-order valence-corrected chi connectivity index (χ4v) is 7.76. The van der Waals surface area contributed by atoms with Crippen LogP contribution in [0.5, 0.6) is 0 Å². The van der Waals surface area contributed by atoms with E-state index in [0.717, 1.165) is 33.6 Å². The molecule has 0 radical (unpaired) electrons. The van der Waals surface area contributed by atoms with Crippen LogP contribution in [0.4, 0.5) is 16.2 Å². The van der Waals surface area contributed by atoms with Crippen molar-refractivity contribution in [1.29, 1.82) is 0 Å². The summed E-state index contributed by atoms with van der Waals surface area (Å²) in [7, 11) is 1.76. The SMILES string of the molecule is Cc1noc(C)c1-c1ccc2c(c1)C(c1ccccc1)N(Cc1cn(CCOCC(=O)Nc3cccc4c3CN(C3CCC(=O)NC3=O)C4=O)nn1)C(=O)N2C. The number of aryl methyl sites for hydroxylation is 2. The van der Waals surface area contributed by atoms with Crippen LogP contribution < -0.4 is 15.5 Å². The van der Waals surface area contributed by atoms with E-state index in [1.54, 1.807) is 45.9 Å². The zero-order valence-corrected chi connectivity index (χ0v) is 31.0. The van der Waals surface area contributed by atoms with E-state index in [2.05, 4.69) is 32.2 Å². The summed E-state index contributed by atoms with van der Waals surface area (Å²) in [6, 6.07) is 19.6. The second-order valence-electron chi connectivity index (χ2n) is 14.1. The van der Waals surface area contributed by atoms with E-state index in [-0.39, 0.29) is 57.0 Å². The van der Waals surface area contributed by atoms with E-state index in [1.807, 2.05) is 56.3 Å². The number of aromatic nitrogens is 4. The lowest BCUT2D eigenvalue weighted by atomic mass is 9.90. The highest BCUT2D eigenvalue weighted by molar-refractivity contribution is 6.07. The summed E-state index contributed by atoms with van der Waals surface area (Å²) < 4.78 is 12.7. The molecular weight excluding hydrogens is 718 g/mol. The van der Waals surface area contributed by atoms with Gasteiger partial charge in [0.2, 0.25) is 17.7 Å². The quantitative estimate of drug-likeness (QED) is 0.147. The standard InChI is InChI=1S/C40H39N9O7/c1-23-36(24(2)56-44-23)26-12-13-32-29(18-26)37(25-8-5-4-6-9-25)49(40(54)46(32)3)20-27-19-47(45-43-27)16-17-55-22-35(51)41-31-11-7-10-28-30(31)21-48(39(28)53)33-14-15-34(50)42-38(33)52/h4-13,18-19,33,37H,14-17,20-22H2,1-3H3,(H,41,51)(H,42,50,52). The van der Waals surface area contributed by atoms with Gasteiger partial charge in [-0.05, 0) is 55.7 Å². The third-order valence-electron chi connectivity index (χ3n) is 10.4. The first-order chi connectivity index (χ1) is 27.1. The number of benzene rings is 3. The van der Waals surface area contributed by atoms with Gasteiger partial charge in [0.25, 0.3) is 5.91 Å². The molecule has 3 aliphatic rings. The Balaban J connectivity index is 0.906. The minimum Gasteiger partial charge on any atom is -0.370 e. The molecule has 6 amide bonds. The number of carbonyl (C=O) groups excluding carboxylic acids is 5. The van der Waals surface area contributed by atoms with E-state index in [1.165, 1.54) is 4.90 Å². The van der Waals surface area contributed by atoms with Gasteiger partial charge in [0.05, 0.1) is 43.3 Å². The van der Waals surface area contributed by atoms with Gasteiger partial charge in [-0.1, -0.05) is 52.8 Å². The molecule has 16 heteroatoms. The van der Waals surface area contributed by atoms with Crippen LogP contribution in [-0.2, 0) is 38.8 Å². The Bertz CT molecular complexity index is 2350. The highest BCUT2D eigenvalue weighted by Crippen LogP contribution is 2.43. The maximum absolute atomic E-state index is 14.0. The van der Waals surface area contributed by atoms with Crippen LogP contribution in [0.2, 0.25) is 0 Å². The number of imide groups is 1. The Morgan fingerprint density at radius 3 is 2.62 bits per heavy atom.